The SMILES string of the molecule is C#CC1(O)CCC2C3CCc4cc(O)ccc4C3CCC21C.C#CC1(OC(C)=O)CCC2C3CCC4=C/C(=N/O)CCC4C3CCC21CC. The van der Waals surface area contributed by atoms with Gasteiger partial charge in [-0.25, -0.2) is 0 Å². The van der Waals surface area contributed by atoms with Gasteiger partial charge in [0, 0.05) is 17.8 Å². The van der Waals surface area contributed by atoms with Crippen molar-refractivity contribution in [3.63, 3.8) is 0 Å². The van der Waals surface area contributed by atoms with Crippen molar-refractivity contribution in [2.45, 2.75) is 134 Å². The van der Waals surface area contributed by atoms with Crippen LogP contribution < -0.4 is 0 Å². The minimum Gasteiger partial charge on any atom is -0.508 e. The van der Waals surface area contributed by atoms with Crippen LogP contribution in [-0.2, 0) is 16.0 Å². The van der Waals surface area contributed by atoms with Crippen molar-refractivity contribution < 1.29 is 25.0 Å². The number of ether oxygens (including phenoxy) is 1. The smallest absolute Gasteiger partial charge is 0.304 e. The van der Waals surface area contributed by atoms with E-state index in [0.29, 0.717) is 47.2 Å². The highest BCUT2D eigenvalue weighted by atomic mass is 16.6. The second-order valence-corrected chi connectivity index (χ2v) is 16.9. The molecule has 7 aliphatic carbocycles. The molecule has 8 rings (SSSR count). The first-order chi connectivity index (χ1) is 23.5. The third-order valence-corrected chi connectivity index (χ3v) is 15.5. The number of carbonyl (C=O) groups excluding carboxylic acids is 1. The first kappa shape index (κ1) is 34.2. The Labute approximate surface area is 293 Å². The van der Waals surface area contributed by atoms with Gasteiger partial charge in [0.15, 0.2) is 5.60 Å². The Balaban J connectivity index is 0.000000157. The Morgan fingerprint density at radius 3 is 2.41 bits per heavy atom. The van der Waals surface area contributed by atoms with Gasteiger partial charge < -0.3 is 20.2 Å². The van der Waals surface area contributed by atoms with Gasteiger partial charge >= 0.3 is 5.97 Å². The van der Waals surface area contributed by atoms with Crippen LogP contribution in [-0.4, -0.2) is 38.3 Å². The van der Waals surface area contributed by atoms with E-state index in [-0.39, 0.29) is 16.8 Å². The van der Waals surface area contributed by atoms with Gasteiger partial charge in [0.25, 0.3) is 0 Å². The van der Waals surface area contributed by atoms with Gasteiger partial charge in [-0.3, -0.25) is 4.79 Å². The molecule has 0 amide bonds. The van der Waals surface area contributed by atoms with Crippen LogP contribution in [0.1, 0.15) is 128 Å². The predicted molar refractivity (Wildman–Crippen MR) is 191 cm³/mol. The Morgan fingerprint density at radius 2 is 1.69 bits per heavy atom. The number of aromatic hydroxyl groups is 1. The Bertz CT molecular complexity index is 1630. The highest BCUT2D eigenvalue weighted by Gasteiger charge is 2.66. The van der Waals surface area contributed by atoms with Crippen molar-refractivity contribution >= 4 is 11.7 Å². The highest BCUT2D eigenvalue weighted by Crippen LogP contribution is 2.67. The maximum atomic E-state index is 11.9. The van der Waals surface area contributed by atoms with Gasteiger partial charge in [0.1, 0.15) is 11.4 Å². The van der Waals surface area contributed by atoms with Crippen LogP contribution in [0, 0.1) is 71.0 Å². The monoisotopic (exact) mass is 665 g/mol. The summed E-state index contributed by atoms with van der Waals surface area (Å²) in [7, 11) is 0. The standard InChI is InChI=1S/C23H31NO3.C20H24O2/c1-4-22-12-10-19-18-9-7-17(24-26)14-16(18)6-8-20(19)21(22)11-13-23(22,5-2)27-15(3)25;1-3-20(22)11-9-18-17-6-4-13-12-14(21)5-7-15(13)16(17)8-10-19(18,20)2/h2,14,18-21,26H,4,6-13H2,1,3H3;1,5,7,12,16-18,21-22H,4,6,8-11H2,2H3/b24-17+;. The molecule has 49 heavy (non-hydrogen) atoms. The number of phenolic OH excluding ortho intramolecular Hbond substituents is 1. The lowest BCUT2D eigenvalue weighted by atomic mass is 9.49. The Kier molecular flexibility index (Phi) is 8.75. The summed E-state index contributed by atoms with van der Waals surface area (Å²) < 4.78 is 5.90. The minimum atomic E-state index is -0.919. The summed E-state index contributed by atoms with van der Waals surface area (Å²) in [5.41, 5.74) is 3.23. The van der Waals surface area contributed by atoms with Crippen molar-refractivity contribution in [3.8, 4) is 30.4 Å². The second-order valence-electron chi connectivity index (χ2n) is 16.9. The molecule has 0 bridgehead atoms. The van der Waals surface area contributed by atoms with Gasteiger partial charge in [-0.1, -0.05) is 42.5 Å². The topological polar surface area (TPSA) is 99.3 Å². The van der Waals surface area contributed by atoms with E-state index >= 15 is 0 Å². The molecule has 11 unspecified atom stereocenters. The van der Waals surface area contributed by atoms with Crippen LogP contribution in [0.5, 0.6) is 5.75 Å². The zero-order chi connectivity index (χ0) is 34.8. The molecule has 1 aromatic rings. The molecule has 5 fully saturated rings. The number of aryl methyl sites for hydroxylation is 1. The van der Waals surface area contributed by atoms with Crippen LogP contribution in [0.4, 0.5) is 0 Å². The summed E-state index contributed by atoms with van der Waals surface area (Å²) in [6, 6.07) is 5.87. The summed E-state index contributed by atoms with van der Waals surface area (Å²) in [6.45, 7) is 5.93. The van der Waals surface area contributed by atoms with Crippen molar-refractivity contribution in [3.05, 3.63) is 41.0 Å². The molecule has 0 aliphatic heterocycles. The summed E-state index contributed by atoms with van der Waals surface area (Å²) >= 11 is 0. The van der Waals surface area contributed by atoms with E-state index in [4.69, 9.17) is 22.8 Å². The summed E-state index contributed by atoms with van der Waals surface area (Å²) in [5.74, 6) is 10.1. The molecule has 6 nitrogen and oxygen atoms in total. The first-order valence-electron chi connectivity index (χ1n) is 19.1. The van der Waals surface area contributed by atoms with Crippen LogP contribution >= 0.6 is 0 Å². The van der Waals surface area contributed by atoms with E-state index in [1.165, 1.54) is 30.0 Å². The number of esters is 1. The van der Waals surface area contributed by atoms with Crippen LogP contribution in [0.3, 0.4) is 0 Å². The van der Waals surface area contributed by atoms with Crippen LogP contribution in [0.25, 0.3) is 0 Å². The van der Waals surface area contributed by atoms with Gasteiger partial charge in [0.05, 0.1) is 5.71 Å². The molecular weight excluding hydrogens is 610 g/mol. The molecule has 3 N–H and O–H groups in total. The summed E-state index contributed by atoms with van der Waals surface area (Å²) in [4.78, 5) is 11.9. The molecule has 1 aromatic carbocycles. The third-order valence-electron chi connectivity index (χ3n) is 15.5. The first-order valence-corrected chi connectivity index (χ1v) is 19.1. The zero-order valence-electron chi connectivity index (χ0n) is 29.7. The zero-order valence-corrected chi connectivity index (χ0v) is 29.7. The van der Waals surface area contributed by atoms with Gasteiger partial charge in [0.2, 0.25) is 0 Å². The number of hydrogen-bond acceptors (Lipinski definition) is 6. The molecule has 0 heterocycles. The number of allylic oxidation sites excluding steroid dienone is 2. The molecule has 0 spiro atoms. The number of fused-ring (bicyclic) bond motifs is 10. The summed E-state index contributed by atoms with van der Waals surface area (Å²) in [5, 5.41) is 33.2. The number of nitrogens with zero attached hydrogens (tertiary/aromatic N) is 1. The van der Waals surface area contributed by atoms with E-state index in [1.807, 2.05) is 12.1 Å². The average molecular weight is 666 g/mol. The quantitative estimate of drug-likeness (QED) is 0.128. The van der Waals surface area contributed by atoms with E-state index < -0.39 is 11.2 Å². The third kappa shape index (κ3) is 5.10. The van der Waals surface area contributed by atoms with E-state index in [2.05, 4.69) is 43.0 Å². The number of oxime groups is 1. The Morgan fingerprint density at radius 1 is 0.918 bits per heavy atom. The average Bonchev–Trinajstić information content (AvgIpc) is 3.59. The normalized spacial score (nSPS) is 43.8. The number of benzene rings is 1. The van der Waals surface area contributed by atoms with Crippen molar-refractivity contribution in [2.24, 2.45) is 51.5 Å². The van der Waals surface area contributed by atoms with Crippen LogP contribution in [0.2, 0.25) is 0 Å². The van der Waals surface area contributed by atoms with E-state index in [9.17, 15) is 15.0 Å². The summed E-state index contributed by atoms with van der Waals surface area (Å²) in [6.07, 6.45) is 29.2. The second kappa shape index (κ2) is 12.5. The highest BCUT2D eigenvalue weighted by molar-refractivity contribution is 5.96. The number of phenols is 1. The maximum absolute atomic E-state index is 11.9. The molecule has 0 saturated heterocycles. The van der Waals surface area contributed by atoms with Gasteiger partial charge in [-0.2, -0.15) is 0 Å². The number of carbonyl (C=O) groups is 1. The van der Waals surface area contributed by atoms with E-state index in [0.717, 1.165) is 95.6 Å². The lowest BCUT2D eigenvalue weighted by molar-refractivity contribution is -0.170. The largest absolute Gasteiger partial charge is 0.508 e. The molecule has 0 radical (unpaired) electrons. The predicted octanol–water partition coefficient (Wildman–Crippen LogP) is 8.33. The lowest BCUT2D eigenvalue weighted by Crippen LogP contribution is -2.55. The van der Waals surface area contributed by atoms with Gasteiger partial charge in [-0.05, 0) is 167 Å². The van der Waals surface area contributed by atoms with Gasteiger partial charge in [-0.15, -0.1) is 12.8 Å². The van der Waals surface area contributed by atoms with Crippen molar-refractivity contribution in [1.29, 1.82) is 0 Å². The molecule has 11 atom stereocenters. The molecular formula is C43H55NO5. The minimum absolute atomic E-state index is 0.0673. The van der Waals surface area contributed by atoms with Crippen LogP contribution in [0.15, 0.2) is 35.0 Å². The fourth-order valence-electron chi connectivity index (χ4n) is 13.3. The van der Waals surface area contributed by atoms with Crippen molar-refractivity contribution in [2.75, 3.05) is 0 Å². The molecule has 7 aliphatic rings. The number of rotatable bonds is 2. The molecule has 5 saturated carbocycles. The molecule has 0 aromatic heterocycles. The lowest BCUT2D eigenvalue weighted by Gasteiger charge is -2.56. The Hall–Kier alpha value is -3.22. The number of hydrogen-bond donors (Lipinski definition) is 3. The fraction of sp³-hybridized carbons (Fsp3) is 0.674. The fourth-order valence-corrected chi connectivity index (χ4v) is 13.3. The van der Waals surface area contributed by atoms with Crippen molar-refractivity contribution in [1.82, 2.24) is 0 Å². The maximum Gasteiger partial charge on any atom is 0.304 e. The number of terminal acetylenes is 2. The van der Waals surface area contributed by atoms with E-state index in [1.54, 1.807) is 0 Å². The molecule has 262 valence electrons. The number of aliphatic hydroxyl groups is 1. The molecule has 6 heteroatoms.